The molecule has 2 aromatic rings. The molecule has 3 heterocycles. The van der Waals surface area contributed by atoms with E-state index in [-0.39, 0.29) is 16.9 Å². The summed E-state index contributed by atoms with van der Waals surface area (Å²) in [6, 6.07) is 7.23. The molecule has 4 atom stereocenters. The molecule has 3 aliphatic heterocycles. The van der Waals surface area contributed by atoms with Crippen LogP contribution < -0.4 is 4.90 Å². The molecule has 5 rings (SSSR count). The Bertz CT molecular complexity index is 1270. The number of non-ortho nitro benzene ring substituents is 1. The minimum Gasteiger partial charge on any atom is -0.292 e. The number of carbonyl (C=O) groups excluding carboxylic acids is 3. The van der Waals surface area contributed by atoms with Crippen molar-refractivity contribution in [2.24, 2.45) is 16.9 Å². The number of benzene rings is 2. The number of amides is 2. The van der Waals surface area contributed by atoms with Crippen LogP contribution in [0.3, 0.4) is 0 Å². The number of hydrogen-bond donors (Lipinski definition) is 0. The van der Waals surface area contributed by atoms with E-state index in [0.29, 0.717) is 5.56 Å². The van der Waals surface area contributed by atoms with Crippen LogP contribution in [0.25, 0.3) is 0 Å². The van der Waals surface area contributed by atoms with Crippen LogP contribution in [0, 0.1) is 34.7 Å². The second-order valence-corrected chi connectivity index (χ2v) is 8.13. The number of Topliss-reactive ketones (excluding diaryl/α,β-unsaturated/α-hetero) is 1. The summed E-state index contributed by atoms with van der Waals surface area (Å²) in [6.45, 7) is 1.58. The number of aryl methyl sites for hydroxylation is 1. The van der Waals surface area contributed by atoms with Crippen molar-refractivity contribution < 1.29 is 23.7 Å². The molecule has 2 aromatic carbocycles. The van der Waals surface area contributed by atoms with Gasteiger partial charge in [-0.1, -0.05) is 6.08 Å². The van der Waals surface area contributed by atoms with Gasteiger partial charge < -0.3 is 0 Å². The number of imide groups is 1. The molecule has 0 unspecified atom stereocenters. The number of allylic oxidation sites excluding steroid dienone is 1. The van der Waals surface area contributed by atoms with Gasteiger partial charge in [0, 0.05) is 23.9 Å². The fourth-order valence-corrected chi connectivity index (χ4v) is 4.86. The van der Waals surface area contributed by atoms with Crippen molar-refractivity contribution in [3.63, 3.8) is 0 Å². The van der Waals surface area contributed by atoms with Gasteiger partial charge in [0.15, 0.2) is 5.78 Å². The van der Waals surface area contributed by atoms with Gasteiger partial charge in [0.2, 0.25) is 11.8 Å². The highest BCUT2D eigenvalue weighted by Gasteiger charge is 2.64. The number of halogens is 1. The van der Waals surface area contributed by atoms with Crippen LogP contribution in [0.4, 0.5) is 15.8 Å². The van der Waals surface area contributed by atoms with E-state index >= 15 is 0 Å². The molecule has 0 radical (unpaired) electrons. The lowest BCUT2D eigenvalue weighted by molar-refractivity contribution is -0.384. The van der Waals surface area contributed by atoms with Crippen LogP contribution in [0.2, 0.25) is 0 Å². The highest BCUT2D eigenvalue weighted by molar-refractivity contribution is 6.25. The van der Waals surface area contributed by atoms with Crippen molar-refractivity contribution in [1.82, 2.24) is 5.01 Å². The first-order valence-electron chi connectivity index (χ1n) is 10.2. The van der Waals surface area contributed by atoms with E-state index in [4.69, 9.17) is 0 Å². The van der Waals surface area contributed by atoms with Crippen molar-refractivity contribution >= 4 is 35.2 Å². The fraction of sp³-hybridized carbons (Fsp3) is 0.217. The van der Waals surface area contributed by atoms with Crippen molar-refractivity contribution in [1.29, 1.82) is 0 Å². The minimum atomic E-state index is -1.05. The average molecular weight is 448 g/mol. The monoisotopic (exact) mass is 448 g/mol. The average Bonchev–Trinajstić information content (AvgIpc) is 3.27. The number of hydrogen-bond acceptors (Lipinski definition) is 7. The number of fused-ring (bicyclic) bond motifs is 3. The highest BCUT2D eigenvalue weighted by atomic mass is 19.1. The number of rotatable bonds is 4. The van der Waals surface area contributed by atoms with Gasteiger partial charge in [-0.2, -0.15) is 5.10 Å². The smallest absolute Gasteiger partial charge is 0.269 e. The van der Waals surface area contributed by atoms with E-state index in [1.54, 1.807) is 19.1 Å². The first-order chi connectivity index (χ1) is 15.8. The van der Waals surface area contributed by atoms with Gasteiger partial charge in [0.05, 0.1) is 28.5 Å². The largest absolute Gasteiger partial charge is 0.292 e. The van der Waals surface area contributed by atoms with E-state index in [2.05, 4.69) is 5.10 Å². The Labute approximate surface area is 186 Å². The first kappa shape index (κ1) is 20.7. The molecule has 0 aromatic heterocycles. The standard InChI is InChI=1S/C23H17FN4O5/c1-12-11-15(28(32)33)8-9-16(12)26-22(30)18-17-3-2-10-25-27(17)20(19(18)23(26)31)21(29)13-4-6-14(24)7-5-13/h2-11,17-20H,1H3/t17-,18-,19-,20-/m0/s1. The predicted molar refractivity (Wildman–Crippen MR) is 115 cm³/mol. The SMILES string of the molecule is Cc1cc([N+](=O)[O-])ccc1N1C(=O)[C@@H]2[C@H](C1=O)[C@@H](C(=O)c1ccc(F)cc1)N1N=CC=C[C@@H]21. The molecule has 2 saturated heterocycles. The van der Waals surface area contributed by atoms with Crippen LogP contribution in [0.15, 0.2) is 59.7 Å². The quantitative estimate of drug-likeness (QED) is 0.308. The number of carbonyl (C=O) groups is 3. The van der Waals surface area contributed by atoms with Gasteiger partial charge in [-0.25, -0.2) is 9.29 Å². The number of nitro groups is 1. The van der Waals surface area contributed by atoms with Gasteiger partial charge in [-0.3, -0.25) is 29.5 Å². The Morgan fingerprint density at radius 1 is 1.09 bits per heavy atom. The Kier molecular flexibility index (Phi) is 4.66. The molecular weight excluding hydrogens is 431 g/mol. The van der Waals surface area contributed by atoms with Crippen molar-refractivity contribution in [2.75, 3.05) is 4.90 Å². The molecule has 3 aliphatic rings. The Balaban J connectivity index is 1.57. The van der Waals surface area contributed by atoms with Gasteiger partial charge in [-0.05, 0) is 48.9 Å². The van der Waals surface area contributed by atoms with Crippen LogP contribution in [-0.4, -0.2) is 45.8 Å². The molecule has 0 aliphatic carbocycles. The number of ketones is 1. The van der Waals surface area contributed by atoms with E-state index in [9.17, 15) is 28.9 Å². The summed E-state index contributed by atoms with van der Waals surface area (Å²) in [7, 11) is 0. The maximum atomic E-state index is 13.6. The molecule has 33 heavy (non-hydrogen) atoms. The number of nitro benzene ring substituents is 1. The van der Waals surface area contributed by atoms with Gasteiger partial charge in [-0.15, -0.1) is 0 Å². The van der Waals surface area contributed by atoms with E-state index in [1.807, 2.05) is 0 Å². The molecular formula is C23H17FN4O5. The van der Waals surface area contributed by atoms with Gasteiger partial charge in [0.1, 0.15) is 11.9 Å². The molecule has 0 spiro atoms. The van der Waals surface area contributed by atoms with Crippen LogP contribution in [-0.2, 0) is 9.59 Å². The first-order valence-corrected chi connectivity index (χ1v) is 10.2. The summed E-state index contributed by atoms with van der Waals surface area (Å²) in [5, 5.41) is 16.8. The third kappa shape index (κ3) is 3.05. The van der Waals surface area contributed by atoms with Crippen molar-refractivity contribution in [3.8, 4) is 0 Å². The summed E-state index contributed by atoms with van der Waals surface area (Å²) >= 11 is 0. The third-order valence-electron chi connectivity index (χ3n) is 6.32. The van der Waals surface area contributed by atoms with Crippen molar-refractivity contribution in [2.45, 2.75) is 19.0 Å². The summed E-state index contributed by atoms with van der Waals surface area (Å²) in [5.74, 6) is -3.86. The second-order valence-electron chi connectivity index (χ2n) is 8.13. The summed E-state index contributed by atoms with van der Waals surface area (Å²) in [6.07, 6.45) is 4.86. The summed E-state index contributed by atoms with van der Waals surface area (Å²) < 4.78 is 13.4. The second kappa shape index (κ2) is 7.44. The van der Waals surface area contributed by atoms with E-state index in [1.165, 1.54) is 41.6 Å². The zero-order valence-electron chi connectivity index (χ0n) is 17.3. The van der Waals surface area contributed by atoms with Crippen molar-refractivity contribution in [3.05, 3.63) is 81.7 Å². The maximum Gasteiger partial charge on any atom is 0.269 e. The molecule has 0 bridgehead atoms. The number of nitrogens with zero attached hydrogens (tertiary/aromatic N) is 4. The Hall–Kier alpha value is -4.21. The lowest BCUT2D eigenvalue weighted by Gasteiger charge is -2.30. The van der Waals surface area contributed by atoms with Gasteiger partial charge >= 0.3 is 0 Å². The van der Waals surface area contributed by atoms with Crippen LogP contribution in [0.1, 0.15) is 15.9 Å². The topological polar surface area (TPSA) is 113 Å². The van der Waals surface area contributed by atoms with E-state index in [0.717, 1.165) is 17.0 Å². The Morgan fingerprint density at radius 2 is 1.79 bits per heavy atom. The lowest BCUT2D eigenvalue weighted by Crippen LogP contribution is -2.46. The number of anilines is 1. The molecule has 2 amide bonds. The molecule has 166 valence electrons. The fourth-order valence-electron chi connectivity index (χ4n) is 4.86. The van der Waals surface area contributed by atoms with Gasteiger partial charge in [0.25, 0.3) is 5.69 Å². The normalized spacial score (nSPS) is 25.4. The zero-order valence-corrected chi connectivity index (χ0v) is 17.3. The van der Waals surface area contributed by atoms with E-state index < -0.39 is 52.3 Å². The molecule has 0 saturated carbocycles. The molecule has 10 heteroatoms. The predicted octanol–water partition coefficient (Wildman–Crippen LogP) is 2.64. The lowest BCUT2D eigenvalue weighted by atomic mass is 9.86. The van der Waals surface area contributed by atoms with Crippen LogP contribution >= 0.6 is 0 Å². The summed E-state index contributed by atoms with van der Waals surface area (Å²) in [5.41, 5.74) is 0.681. The number of hydrazone groups is 1. The maximum absolute atomic E-state index is 13.6. The third-order valence-corrected chi connectivity index (χ3v) is 6.32. The van der Waals surface area contributed by atoms with Crippen LogP contribution in [0.5, 0.6) is 0 Å². The molecule has 9 nitrogen and oxygen atoms in total. The zero-order chi connectivity index (χ0) is 23.4. The molecule has 2 fully saturated rings. The highest BCUT2D eigenvalue weighted by Crippen LogP contribution is 2.46. The molecule has 0 N–H and O–H groups in total. The summed E-state index contributed by atoms with van der Waals surface area (Å²) in [4.78, 5) is 52.0. The minimum absolute atomic E-state index is 0.157. The Morgan fingerprint density at radius 3 is 2.45 bits per heavy atom.